The summed E-state index contributed by atoms with van der Waals surface area (Å²) in [5.41, 5.74) is 0.735. The predicted molar refractivity (Wildman–Crippen MR) is 80.1 cm³/mol. The molecular formula is C14H17F2N3O2S. The minimum Gasteiger partial charge on any atom is -0.378 e. The number of ether oxygens (including phenoxy) is 2. The molecule has 2 heterocycles. The molecule has 2 aromatic rings. The van der Waals surface area contributed by atoms with E-state index in [1.165, 1.54) is 6.33 Å². The number of aromatic nitrogens is 2. The van der Waals surface area contributed by atoms with Crippen LogP contribution in [0.15, 0.2) is 29.9 Å². The molecule has 0 fully saturated rings. The van der Waals surface area contributed by atoms with Crippen LogP contribution in [0.25, 0.3) is 0 Å². The lowest BCUT2D eigenvalue weighted by Crippen LogP contribution is -2.28. The zero-order valence-electron chi connectivity index (χ0n) is 12.1. The van der Waals surface area contributed by atoms with Crippen LogP contribution in [-0.4, -0.2) is 36.8 Å². The normalized spacial score (nSPS) is 11.1. The van der Waals surface area contributed by atoms with Crippen LogP contribution in [0.3, 0.4) is 0 Å². The van der Waals surface area contributed by atoms with Gasteiger partial charge in [-0.15, -0.1) is 11.3 Å². The Bertz CT molecular complexity index is 555. The molecule has 0 spiro atoms. The summed E-state index contributed by atoms with van der Waals surface area (Å²) >= 11 is 1.60. The summed E-state index contributed by atoms with van der Waals surface area (Å²) in [5, 5.41) is 1.97. The Balaban J connectivity index is 2.09. The maximum absolute atomic E-state index is 12.1. The van der Waals surface area contributed by atoms with Crippen LogP contribution in [0.2, 0.25) is 0 Å². The van der Waals surface area contributed by atoms with E-state index < -0.39 is 6.61 Å². The first-order valence-electron chi connectivity index (χ1n) is 6.66. The van der Waals surface area contributed by atoms with Gasteiger partial charge in [0.25, 0.3) is 0 Å². The molecule has 0 aliphatic rings. The predicted octanol–water partition coefficient (Wildman–Crippen LogP) is 2.93. The lowest BCUT2D eigenvalue weighted by Gasteiger charge is -2.23. The van der Waals surface area contributed by atoms with Gasteiger partial charge in [0.05, 0.1) is 25.5 Å². The molecule has 0 amide bonds. The van der Waals surface area contributed by atoms with Gasteiger partial charge in [-0.25, -0.2) is 9.97 Å². The van der Waals surface area contributed by atoms with Gasteiger partial charge in [-0.3, -0.25) is 0 Å². The molecular weight excluding hydrogens is 312 g/mol. The lowest BCUT2D eigenvalue weighted by molar-refractivity contribution is -0.126. The van der Waals surface area contributed by atoms with E-state index in [1.54, 1.807) is 24.5 Å². The Morgan fingerprint density at radius 2 is 2.23 bits per heavy atom. The van der Waals surface area contributed by atoms with E-state index in [2.05, 4.69) is 14.7 Å². The van der Waals surface area contributed by atoms with Crippen molar-refractivity contribution in [3.63, 3.8) is 0 Å². The van der Waals surface area contributed by atoms with Crippen molar-refractivity contribution in [2.45, 2.75) is 19.8 Å². The van der Waals surface area contributed by atoms with Crippen LogP contribution < -0.4 is 4.90 Å². The highest BCUT2D eigenvalue weighted by Crippen LogP contribution is 2.18. The molecule has 0 N–H and O–H groups in total. The van der Waals surface area contributed by atoms with Gasteiger partial charge in [-0.05, 0) is 11.4 Å². The fourth-order valence-electron chi connectivity index (χ4n) is 1.90. The highest BCUT2D eigenvalue weighted by atomic mass is 32.1. The Labute approximate surface area is 131 Å². The molecule has 8 heteroatoms. The molecule has 22 heavy (non-hydrogen) atoms. The van der Waals surface area contributed by atoms with Crippen LogP contribution in [0.5, 0.6) is 0 Å². The van der Waals surface area contributed by atoms with Gasteiger partial charge in [0.1, 0.15) is 12.1 Å². The molecule has 0 atom stereocenters. The van der Waals surface area contributed by atoms with E-state index in [0.29, 0.717) is 25.5 Å². The summed E-state index contributed by atoms with van der Waals surface area (Å²) in [5.74, 6) is 0.660. The van der Waals surface area contributed by atoms with E-state index in [0.717, 1.165) is 10.6 Å². The number of halogens is 2. The molecule has 0 saturated heterocycles. The third-order valence-electron chi connectivity index (χ3n) is 2.86. The fraction of sp³-hybridized carbons (Fsp3) is 0.429. The van der Waals surface area contributed by atoms with Crippen LogP contribution in [0, 0.1) is 0 Å². The first-order chi connectivity index (χ1) is 10.7. The van der Waals surface area contributed by atoms with E-state index in [4.69, 9.17) is 4.74 Å². The van der Waals surface area contributed by atoms with Crippen molar-refractivity contribution in [3.05, 3.63) is 40.5 Å². The minimum absolute atomic E-state index is 0.0767. The number of thiophene rings is 1. The Morgan fingerprint density at radius 3 is 2.91 bits per heavy atom. The van der Waals surface area contributed by atoms with Crippen LogP contribution >= 0.6 is 11.3 Å². The third kappa shape index (κ3) is 5.28. The van der Waals surface area contributed by atoms with Crippen LogP contribution in [0.1, 0.15) is 10.6 Å². The smallest absolute Gasteiger partial charge is 0.345 e. The quantitative estimate of drug-likeness (QED) is 0.708. The van der Waals surface area contributed by atoms with Gasteiger partial charge >= 0.3 is 6.61 Å². The maximum Gasteiger partial charge on any atom is 0.345 e. The van der Waals surface area contributed by atoms with E-state index in [-0.39, 0.29) is 6.61 Å². The maximum atomic E-state index is 12.1. The monoisotopic (exact) mass is 329 g/mol. The molecule has 0 radical (unpaired) electrons. The molecule has 120 valence electrons. The zero-order chi connectivity index (χ0) is 15.8. The number of rotatable bonds is 9. The standard InChI is InChI=1S/C14H17F2N3O2S/c1-20-9-11-7-13(18-10-17-11)19(4-5-21-14(15)16)8-12-3-2-6-22-12/h2-3,6-7,10,14H,4-5,8-9H2,1H3. The molecule has 2 rings (SSSR count). The van der Waals surface area contributed by atoms with Crippen molar-refractivity contribution >= 4 is 17.2 Å². The van der Waals surface area contributed by atoms with E-state index in [1.807, 2.05) is 22.4 Å². The number of methoxy groups -OCH3 is 1. The number of alkyl halides is 2. The number of nitrogens with zero attached hydrogens (tertiary/aromatic N) is 3. The fourth-order valence-corrected chi connectivity index (χ4v) is 2.62. The SMILES string of the molecule is COCc1cc(N(CCOC(F)F)Cc2cccs2)ncn1. The second-order valence-corrected chi connectivity index (χ2v) is 5.47. The average Bonchev–Trinajstić information content (AvgIpc) is 2.99. The summed E-state index contributed by atoms with van der Waals surface area (Å²) in [6, 6.07) is 5.73. The highest BCUT2D eigenvalue weighted by molar-refractivity contribution is 7.09. The molecule has 0 bridgehead atoms. The van der Waals surface area contributed by atoms with Gasteiger partial charge in [0, 0.05) is 24.6 Å². The van der Waals surface area contributed by atoms with Crippen LogP contribution in [-0.2, 0) is 22.6 Å². The summed E-state index contributed by atoms with van der Waals surface area (Å²) in [6.45, 7) is -1.58. The summed E-state index contributed by atoms with van der Waals surface area (Å²) < 4.78 is 33.7. The highest BCUT2D eigenvalue weighted by Gasteiger charge is 2.12. The molecule has 0 aliphatic heterocycles. The number of hydrogen-bond donors (Lipinski definition) is 0. The summed E-state index contributed by atoms with van der Waals surface area (Å²) in [7, 11) is 1.58. The molecule has 0 saturated carbocycles. The van der Waals surface area contributed by atoms with Gasteiger partial charge in [-0.1, -0.05) is 6.07 Å². The molecule has 0 aliphatic carbocycles. The second kappa shape index (κ2) is 8.72. The van der Waals surface area contributed by atoms with Gasteiger partial charge < -0.3 is 14.4 Å². The number of hydrogen-bond acceptors (Lipinski definition) is 6. The number of anilines is 1. The van der Waals surface area contributed by atoms with E-state index in [9.17, 15) is 8.78 Å². The van der Waals surface area contributed by atoms with Gasteiger partial charge in [0.2, 0.25) is 0 Å². The zero-order valence-corrected chi connectivity index (χ0v) is 12.9. The third-order valence-corrected chi connectivity index (χ3v) is 3.72. The van der Waals surface area contributed by atoms with E-state index >= 15 is 0 Å². The molecule has 2 aromatic heterocycles. The molecule has 0 unspecified atom stereocenters. The van der Waals surface area contributed by atoms with Crippen molar-refractivity contribution in [2.75, 3.05) is 25.2 Å². The van der Waals surface area contributed by atoms with Crippen molar-refractivity contribution in [1.29, 1.82) is 0 Å². The van der Waals surface area contributed by atoms with Gasteiger partial charge in [-0.2, -0.15) is 8.78 Å². The summed E-state index contributed by atoms with van der Waals surface area (Å²) in [4.78, 5) is 11.3. The second-order valence-electron chi connectivity index (χ2n) is 4.43. The van der Waals surface area contributed by atoms with Crippen molar-refractivity contribution in [2.24, 2.45) is 0 Å². The first-order valence-corrected chi connectivity index (χ1v) is 7.54. The Morgan fingerprint density at radius 1 is 1.36 bits per heavy atom. The first kappa shape index (κ1) is 16.7. The largest absolute Gasteiger partial charge is 0.378 e. The van der Waals surface area contributed by atoms with Crippen molar-refractivity contribution < 1.29 is 18.3 Å². The van der Waals surface area contributed by atoms with Gasteiger partial charge in [0.15, 0.2) is 0 Å². The van der Waals surface area contributed by atoms with Crippen molar-refractivity contribution in [1.82, 2.24) is 9.97 Å². The Hall–Kier alpha value is -1.64. The van der Waals surface area contributed by atoms with Crippen molar-refractivity contribution in [3.8, 4) is 0 Å². The topological polar surface area (TPSA) is 47.5 Å². The van der Waals surface area contributed by atoms with Crippen LogP contribution in [0.4, 0.5) is 14.6 Å². The lowest BCUT2D eigenvalue weighted by atomic mass is 10.3. The molecule has 0 aromatic carbocycles. The molecule has 5 nitrogen and oxygen atoms in total. The summed E-state index contributed by atoms with van der Waals surface area (Å²) in [6.07, 6.45) is 1.44. The average molecular weight is 329 g/mol. The Kier molecular flexibility index (Phi) is 6.63. The minimum atomic E-state index is -2.77.